The number of carbonyl (C=O) groups is 1. The second kappa shape index (κ2) is 10.9. The first-order valence-corrected chi connectivity index (χ1v) is 12.0. The molecule has 168 valence electrons. The lowest BCUT2D eigenvalue weighted by atomic mass is 9.98. The van der Waals surface area contributed by atoms with Gasteiger partial charge in [0.25, 0.3) is 0 Å². The summed E-state index contributed by atoms with van der Waals surface area (Å²) in [6.45, 7) is 4.80. The van der Waals surface area contributed by atoms with Crippen LogP contribution in [0.15, 0.2) is 90.3 Å². The number of hydrogen-bond donors (Lipinski definition) is 1. The Kier molecular flexibility index (Phi) is 7.52. The third-order valence-electron chi connectivity index (χ3n) is 5.31. The highest BCUT2D eigenvalue weighted by molar-refractivity contribution is 8.00. The van der Waals surface area contributed by atoms with Crippen LogP contribution in [0.4, 0.5) is 0 Å². The second-order valence-electron chi connectivity index (χ2n) is 7.72. The van der Waals surface area contributed by atoms with E-state index in [2.05, 4.69) is 32.0 Å². The van der Waals surface area contributed by atoms with Crippen molar-refractivity contribution in [1.29, 1.82) is 0 Å². The third kappa shape index (κ3) is 5.49. The van der Waals surface area contributed by atoms with Crippen molar-refractivity contribution >= 4 is 17.7 Å². The molecule has 2 aromatic carbocycles. The summed E-state index contributed by atoms with van der Waals surface area (Å²) in [5.41, 5.74) is 3.05. The van der Waals surface area contributed by atoms with Crippen molar-refractivity contribution in [3.05, 3.63) is 96.3 Å². The number of aromatic nitrogens is 4. The van der Waals surface area contributed by atoms with Crippen molar-refractivity contribution in [2.75, 3.05) is 0 Å². The van der Waals surface area contributed by atoms with Gasteiger partial charge in [-0.15, -0.1) is 10.2 Å². The summed E-state index contributed by atoms with van der Waals surface area (Å²) in [7, 11) is 0. The van der Waals surface area contributed by atoms with Crippen LogP contribution in [0.25, 0.3) is 11.4 Å². The first-order valence-electron chi connectivity index (χ1n) is 11.1. The summed E-state index contributed by atoms with van der Waals surface area (Å²) in [5.74, 6) is 0.745. The summed E-state index contributed by atoms with van der Waals surface area (Å²) in [6.07, 6.45) is 4.43. The zero-order valence-corrected chi connectivity index (χ0v) is 19.6. The largest absolute Gasteiger partial charge is 0.344 e. The third-order valence-corrected chi connectivity index (χ3v) is 6.39. The summed E-state index contributed by atoms with van der Waals surface area (Å²) in [4.78, 5) is 17.3. The normalized spacial score (nSPS) is 12.0. The molecule has 6 nitrogen and oxygen atoms in total. The van der Waals surface area contributed by atoms with Gasteiger partial charge in [-0.25, -0.2) is 0 Å². The molecular weight excluding hydrogens is 430 g/mol. The number of rotatable bonds is 9. The SMILES string of the molecule is CCCn1c(SC(C)C(=O)NC(c2ccccc2)c2ccccc2)nnc1-c1ccncc1. The van der Waals surface area contributed by atoms with Crippen molar-refractivity contribution in [3.8, 4) is 11.4 Å². The van der Waals surface area contributed by atoms with Crippen LogP contribution in [0.1, 0.15) is 37.4 Å². The minimum absolute atomic E-state index is 0.0470. The molecule has 33 heavy (non-hydrogen) atoms. The number of thioether (sulfide) groups is 1. The molecular formula is C26H27N5OS. The molecule has 0 saturated carbocycles. The quantitative estimate of drug-likeness (QED) is 0.353. The van der Waals surface area contributed by atoms with E-state index < -0.39 is 0 Å². The molecule has 1 N–H and O–H groups in total. The van der Waals surface area contributed by atoms with Gasteiger partial charge in [-0.2, -0.15) is 0 Å². The van der Waals surface area contributed by atoms with E-state index in [9.17, 15) is 4.79 Å². The molecule has 0 aliphatic carbocycles. The Morgan fingerprint density at radius 3 is 2.12 bits per heavy atom. The highest BCUT2D eigenvalue weighted by atomic mass is 32.2. The van der Waals surface area contributed by atoms with Crippen molar-refractivity contribution in [3.63, 3.8) is 0 Å². The van der Waals surface area contributed by atoms with E-state index >= 15 is 0 Å². The Labute approximate surface area is 198 Å². The van der Waals surface area contributed by atoms with Crippen LogP contribution in [-0.2, 0) is 11.3 Å². The molecule has 0 spiro atoms. The summed E-state index contributed by atoms with van der Waals surface area (Å²) >= 11 is 1.43. The molecule has 0 radical (unpaired) electrons. The molecule has 4 aromatic rings. The predicted molar refractivity (Wildman–Crippen MR) is 132 cm³/mol. The van der Waals surface area contributed by atoms with Crippen molar-refractivity contribution < 1.29 is 4.79 Å². The molecule has 1 atom stereocenters. The fraction of sp³-hybridized carbons (Fsp3) is 0.231. The van der Waals surface area contributed by atoms with Crippen molar-refractivity contribution in [1.82, 2.24) is 25.1 Å². The van der Waals surface area contributed by atoms with Crippen molar-refractivity contribution in [2.45, 2.75) is 43.3 Å². The fourth-order valence-corrected chi connectivity index (χ4v) is 4.52. The summed E-state index contributed by atoms with van der Waals surface area (Å²) in [6, 6.07) is 23.7. The van der Waals surface area contributed by atoms with Crippen LogP contribution in [0.2, 0.25) is 0 Å². The van der Waals surface area contributed by atoms with Gasteiger partial charge >= 0.3 is 0 Å². The molecule has 0 fully saturated rings. The molecule has 0 saturated heterocycles. The molecule has 1 unspecified atom stereocenters. The maximum atomic E-state index is 13.3. The number of benzene rings is 2. The van der Waals surface area contributed by atoms with Crippen LogP contribution in [0.5, 0.6) is 0 Å². The number of carbonyl (C=O) groups excluding carboxylic acids is 1. The monoisotopic (exact) mass is 457 g/mol. The van der Waals surface area contributed by atoms with Gasteiger partial charge < -0.3 is 9.88 Å². The van der Waals surface area contributed by atoms with Gasteiger partial charge in [0, 0.05) is 24.5 Å². The molecule has 4 rings (SSSR count). The van der Waals surface area contributed by atoms with Crippen LogP contribution < -0.4 is 5.32 Å². The average Bonchev–Trinajstić information content (AvgIpc) is 3.26. The maximum Gasteiger partial charge on any atom is 0.234 e. The van der Waals surface area contributed by atoms with Crippen molar-refractivity contribution in [2.24, 2.45) is 0 Å². The van der Waals surface area contributed by atoms with Gasteiger partial charge in [0.05, 0.1) is 11.3 Å². The average molecular weight is 458 g/mol. The van der Waals surface area contributed by atoms with E-state index in [0.29, 0.717) is 0 Å². The molecule has 0 aliphatic rings. The minimum atomic E-state index is -0.343. The number of amides is 1. The lowest BCUT2D eigenvalue weighted by molar-refractivity contribution is -0.120. The highest BCUT2D eigenvalue weighted by Crippen LogP contribution is 2.28. The first kappa shape index (κ1) is 22.7. The Balaban J connectivity index is 1.54. The van der Waals surface area contributed by atoms with Gasteiger partial charge in [-0.05, 0) is 36.6 Å². The number of hydrogen-bond acceptors (Lipinski definition) is 5. The Hall–Kier alpha value is -3.45. The van der Waals surface area contributed by atoms with Crippen LogP contribution in [0, 0.1) is 0 Å². The molecule has 1 amide bonds. The Bertz CT molecular complexity index is 1130. The number of pyridine rings is 1. The number of nitrogens with zero attached hydrogens (tertiary/aromatic N) is 4. The lowest BCUT2D eigenvalue weighted by Crippen LogP contribution is -2.35. The van der Waals surface area contributed by atoms with E-state index in [4.69, 9.17) is 0 Å². The van der Waals surface area contributed by atoms with E-state index in [-0.39, 0.29) is 17.2 Å². The van der Waals surface area contributed by atoms with E-state index in [1.54, 1.807) is 12.4 Å². The maximum absolute atomic E-state index is 13.3. The van der Waals surface area contributed by atoms with Gasteiger partial charge in [0.15, 0.2) is 11.0 Å². The first-order chi connectivity index (χ1) is 16.2. The van der Waals surface area contributed by atoms with Crippen LogP contribution in [-0.4, -0.2) is 30.9 Å². The van der Waals surface area contributed by atoms with E-state index in [1.165, 1.54) is 11.8 Å². The smallest absolute Gasteiger partial charge is 0.234 e. The standard InChI is InChI=1S/C26H27N5OS/c1-3-18-31-24(22-14-16-27-17-15-22)29-30-26(31)33-19(2)25(32)28-23(20-10-6-4-7-11-20)21-12-8-5-9-13-21/h4-17,19,23H,3,18H2,1-2H3,(H,28,32). The molecule has 7 heteroatoms. The van der Waals surface area contributed by atoms with E-state index in [0.717, 1.165) is 40.6 Å². The molecule has 2 aromatic heterocycles. The summed E-state index contributed by atoms with van der Waals surface area (Å²) < 4.78 is 2.08. The number of nitrogens with one attached hydrogen (secondary N) is 1. The van der Waals surface area contributed by atoms with Gasteiger partial charge in [-0.1, -0.05) is 79.3 Å². The van der Waals surface area contributed by atoms with Gasteiger partial charge in [-0.3, -0.25) is 9.78 Å². The Morgan fingerprint density at radius 2 is 1.55 bits per heavy atom. The molecule has 0 bridgehead atoms. The fourth-order valence-electron chi connectivity index (χ4n) is 3.64. The van der Waals surface area contributed by atoms with Crippen LogP contribution >= 0.6 is 11.8 Å². The predicted octanol–water partition coefficient (Wildman–Crippen LogP) is 5.14. The minimum Gasteiger partial charge on any atom is -0.344 e. The molecule has 0 aliphatic heterocycles. The van der Waals surface area contributed by atoms with Gasteiger partial charge in [0.1, 0.15) is 0 Å². The summed E-state index contributed by atoms with van der Waals surface area (Å²) in [5, 5.41) is 12.4. The zero-order chi connectivity index (χ0) is 23.0. The topological polar surface area (TPSA) is 72.7 Å². The zero-order valence-electron chi connectivity index (χ0n) is 18.8. The Morgan fingerprint density at radius 1 is 0.939 bits per heavy atom. The lowest BCUT2D eigenvalue weighted by Gasteiger charge is -2.22. The highest BCUT2D eigenvalue weighted by Gasteiger charge is 2.24. The molecule has 2 heterocycles. The van der Waals surface area contributed by atoms with Crippen LogP contribution in [0.3, 0.4) is 0 Å². The van der Waals surface area contributed by atoms with E-state index in [1.807, 2.05) is 79.7 Å². The second-order valence-corrected chi connectivity index (χ2v) is 9.02. The van der Waals surface area contributed by atoms with Gasteiger partial charge in [0.2, 0.25) is 5.91 Å².